The number of carbonyl (C=O) groups is 1. The maximum atomic E-state index is 12.3. The zero-order chi connectivity index (χ0) is 15.1. The zero-order valence-electron chi connectivity index (χ0n) is 11.1. The highest BCUT2D eigenvalue weighted by atomic mass is 35.5. The minimum atomic E-state index is -0.334. The van der Waals surface area contributed by atoms with Gasteiger partial charge >= 0.3 is 0 Å². The highest BCUT2D eigenvalue weighted by Gasteiger charge is 2.18. The van der Waals surface area contributed by atoms with Crippen molar-refractivity contribution in [1.82, 2.24) is 15.0 Å². The van der Waals surface area contributed by atoms with Crippen molar-refractivity contribution >= 4 is 34.2 Å². The van der Waals surface area contributed by atoms with Crippen LogP contribution in [-0.4, -0.2) is 27.7 Å². The molecule has 2 N–H and O–H groups in total. The fourth-order valence-corrected chi connectivity index (χ4v) is 2.40. The Hall–Kier alpha value is -2.80. The Kier molecular flexibility index (Phi) is 2.87. The standard InChI is InChI=1S/C14H9ClN4O3/c15-8-2-11-12(22-6-21-11)3-9(8)19-14(20)10-1-7-4-16-5-17-13(7)18-10/h1-5H,6H2,(H,19,20)(H,16,17,18). The zero-order valence-corrected chi connectivity index (χ0v) is 11.8. The van der Waals surface area contributed by atoms with E-state index >= 15 is 0 Å². The van der Waals surface area contributed by atoms with E-state index in [1.807, 2.05) is 0 Å². The van der Waals surface area contributed by atoms with Crippen LogP contribution in [0.1, 0.15) is 10.5 Å². The number of amides is 1. The third kappa shape index (κ3) is 2.11. The first kappa shape index (κ1) is 12.9. The lowest BCUT2D eigenvalue weighted by Gasteiger charge is -2.07. The number of rotatable bonds is 2. The van der Waals surface area contributed by atoms with Crippen molar-refractivity contribution in [1.29, 1.82) is 0 Å². The molecule has 8 heteroatoms. The van der Waals surface area contributed by atoms with Crippen LogP contribution in [0.25, 0.3) is 11.0 Å². The van der Waals surface area contributed by atoms with Crippen LogP contribution in [0.2, 0.25) is 5.02 Å². The van der Waals surface area contributed by atoms with Crippen LogP contribution in [0.3, 0.4) is 0 Å². The molecule has 0 spiro atoms. The van der Waals surface area contributed by atoms with E-state index in [0.29, 0.717) is 33.6 Å². The van der Waals surface area contributed by atoms with Crippen molar-refractivity contribution in [3.8, 4) is 11.5 Å². The van der Waals surface area contributed by atoms with E-state index in [0.717, 1.165) is 5.39 Å². The molecule has 1 amide bonds. The summed E-state index contributed by atoms with van der Waals surface area (Å²) < 4.78 is 10.5. The molecule has 0 bridgehead atoms. The van der Waals surface area contributed by atoms with Gasteiger partial charge in [-0.2, -0.15) is 0 Å². The Morgan fingerprint density at radius 3 is 2.91 bits per heavy atom. The summed E-state index contributed by atoms with van der Waals surface area (Å²) in [5.74, 6) is 0.768. The van der Waals surface area contributed by atoms with Gasteiger partial charge in [-0.15, -0.1) is 0 Å². The third-order valence-corrected chi connectivity index (χ3v) is 3.56. The minimum absolute atomic E-state index is 0.143. The number of benzene rings is 1. The Morgan fingerprint density at radius 2 is 2.09 bits per heavy atom. The fourth-order valence-electron chi connectivity index (χ4n) is 2.19. The second-order valence-electron chi connectivity index (χ2n) is 4.65. The summed E-state index contributed by atoms with van der Waals surface area (Å²) in [6.45, 7) is 0.143. The van der Waals surface area contributed by atoms with Gasteiger partial charge in [0.15, 0.2) is 11.5 Å². The van der Waals surface area contributed by atoms with Gasteiger partial charge in [-0.3, -0.25) is 4.79 Å². The van der Waals surface area contributed by atoms with E-state index in [-0.39, 0.29) is 12.7 Å². The van der Waals surface area contributed by atoms with Gasteiger partial charge < -0.3 is 19.8 Å². The van der Waals surface area contributed by atoms with E-state index in [9.17, 15) is 4.79 Å². The van der Waals surface area contributed by atoms with Crippen LogP contribution in [-0.2, 0) is 0 Å². The fraction of sp³-hybridized carbons (Fsp3) is 0.0714. The Bertz CT molecular complexity index is 860. The Morgan fingerprint density at radius 1 is 1.27 bits per heavy atom. The minimum Gasteiger partial charge on any atom is -0.454 e. The van der Waals surface area contributed by atoms with Crippen molar-refractivity contribution in [3.63, 3.8) is 0 Å². The number of carbonyl (C=O) groups excluding carboxylic acids is 1. The summed E-state index contributed by atoms with van der Waals surface area (Å²) in [4.78, 5) is 23.2. The quantitative estimate of drug-likeness (QED) is 0.758. The topological polar surface area (TPSA) is 89.1 Å². The second kappa shape index (κ2) is 4.88. The first-order valence-corrected chi connectivity index (χ1v) is 6.78. The molecule has 1 aromatic carbocycles. The summed E-state index contributed by atoms with van der Waals surface area (Å²) in [6.07, 6.45) is 3.04. The molecule has 0 saturated carbocycles. The number of hydrogen-bond acceptors (Lipinski definition) is 5. The van der Waals surface area contributed by atoms with Crippen molar-refractivity contribution in [3.05, 3.63) is 41.4 Å². The number of hydrogen-bond donors (Lipinski definition) is 2. The summed E-state index contributed by atoms with van der Waals surface area (Å²) in [5.41, 5.74) is 1.40. The number of ether oxygens (including phenoxy) is 2. The molecule has 7 nitrogen and oxygen atoms in total. The normalized spacial score (nSPS) is 12.6. The molecular formula is C14H9ClN4O3. The van der Waals surface area contributed by atoms with Crippen LogP contribution in [0.15, 0.2) is 30.7 Å². The molecule has 0 saturated heterocycles. The molecule has 3 heterocycles. The molecule has 1 aliphatic rings. The van der Waals surface area contributed by atoms with E-state index in [1.165, 1.54) is 6.33 Å². The van der Waals surface area contributed by atoms with Gasteiger partial charge in [-0.1, -0.05) is 11.6 Å². The maximum Gasteiger partial charge on any atom is 0.272 e. The lowest BCUT2D eigenvalue weighted by atomic mass is 10.2. The lowest BCUT2D eigenvalue weighted by Crippen LogP contribution is -2.12. The highest BCUT2D eigenvalue weighted by Crippen LogP contribution is 2.39. The molecule has 3 aromatic rings. The molecule has 22 heavy (non-hydrogen) atoms. The molecule has 0 radical (unpaired) electrons. The van der Waals surface area contributed by atoms with E-state index < -0.39 is 0 Å². The van der Waals surface area contributed by atoms with Crippen molar-refractivity contribution in [2.75, 3.05) is 12.1 Å². The van der Waals surface area contributed by atoms with Crippen LogP contribution in [0.4, 0.5) is 5.69 Å². The molecule has 4 rings (SSSR count). The number of nitrogens with one attached hydrogen (secondary N) is 2. The Balaban J connectivity index is 1.64. The van der Waals surface area contributed by atoms with Crippen molar-refractivity contribution < 1.29 is 14.3 Å². The SMILES string of the molecule is O=C(Nc1cc2c(cc1Cl)OCO2)c1cc2cncnc2[nH]1. The number of aromatic amines is 1. The van der Waals surface area contributed by atoms with Gasteiger partial charge in [-0.25, -0.2) is 9.97 Å². The number of halogens is 1. The molecule has 0 atom stereocenters. The summed E-state index contributed by atoms with van der Waals surface area (Å²) in [7, 11) is 0. The Labute approximate surface area is 129 Å². The van der Waals surface area contributed by atoms with Crippen molar-refractivity contribution in [2.45, 2.75) is 0 Å². The average molecular weight is 317 g/mol. The summed E-state index contributed by atoms with van der Waals surface area (Å²) in [5, 5.41) is 3.85. The molecule has 110 valence electrons. The van der Waals surface area contributed by atoms with Crippen molar-refractivity contribution in [2.24, 2.45) is 0 Å². The molecule has 2 aromatic heterocycles. The number of aromatic nitrogens is 3. The maximum absolute atomic E-state index is 12.3. The van der Waals surface area contributed by atoms with E-state index in [2.05, 4.69) is 20.3 Å². The number of anilines is 1. The van der Waals surface area contributed by atoms with Crippen LogP contribution >= 0.6 is 11.6 Å². The second-order valence-corrected chi connectivity index (χ2v) is 5.06. The third-order valence-electron chi connectivity index (χ3n) is 3.25. The molecule has 0 aliphatic carbocycles. The van der Waals surface area contributed by atoms with Gasteiger partial charge in [0.05, 0.1) is 10.7 Å². The first-order valence-electron chi connectivity index (χ1n) is 6.40. The predicted molar refractivity (Wildman–Crippen MR) is 79.4 cm³/mol. The number of fused-ring (bicyclic) bond motifs is 2. The highest BCUT2D eigenvalue weighted by molar-refractivity contribution is 6.34. The van der Waals surface area contributed by atoms with Crippen LogP contribution < -0.4 is 14.8 Å². The number of nitrogens with zero attached hydrogens (tertiary/aromatic N) is 2. The van der Waals surface area contributed by atoms with Crippen LogP contribution in [0.5, 0.6) is 11.5 Å². The largest absolute Gasteiger partial charge is 0.454 e. The van der Waals surface area contributed by atoms with Gasteiger partial charge in [0.2, 0.25) is 6.79 Å². The van der Waals surface area contributed by atoms with E-state index in [4.69, 9.17) is 21.1 Å². The molecular weight excluding hydrogens is 308 g/mol. The molecule has 0 unspecified atom stereocenters. The average Bonchev–Trinajstić information content (AvgIpc) is 3.13. The summed E-state index contributed by atoms with van der Waals surface area (Å²) >= 11 is 6.14. The number of H-pyrrole nitrogens is 1. The van der Waals surface area contributed by atoms with Gasteiger partial charge in [0.1, 0.15) is 17.7 Å². The van der Waals surface area contributed by atoms with Gasteiger partial charge in [-0.05, 0) is 6.07 Å². The molecule has 1 aliphatic heterocycles. The smallest absolute Gasteiger partial charge is 0.272 e. The van der Waals surface area contributed by atoms with E-state index in [1.54, 1.807) is 24.4 Å². The lowest BCUT2D eigenvalue weighted by molar-refractivity contribution is 0.102. The first-order chi connectivity index (χ1) is 10.7. The molecule has 0 fully saturated rings. The van der Waals surface area contributed by atoms with Crippen LogP contribution in [0, 0.1) is 0 Å². The summed E-state index contributed by atoms with van der Waals surface area (Å²) in [6, 6.07) is 4.91. The predicted octanol–water partition coefficient (Wildman–Crippen LogP) is 2.59. The monoisotopic (exact) mass is 316 g/mol. The van der Waals surface area contributed by atoms with Gasteiger partial charge in [0.25, 0.3) is 5.91 Å². The van der Waals surface area contributed by atoms with Gasteiger partial charge in [0, 0.05) is 23.7 Å².